The maximum atomic E-state index is 12.6. The summed E-state index contributed by atoms with van der Waals surface area (Å²) < 4.78 is 21.6. The van der Waals surface area contributed by atoms with E-state index in [1.807, 2.05) is 6.07 Å². The van der Waals surface area contributed by atoms with Gasteiger partial charge in [0, 0.05) is 35.8 Å². The Morgan fingerprint density at radius 2 is 1.86 bits per heavy atom. The lowest BCUT2D eigenvalue weighted by Crippen LogP contribution is -2.40. The Morgan fingerprint density at radius 3 is 2.53 bits per heavy atom. The topological polar surface area (TPSA) is 107 Å². The summed E-state index contributed by atoms with van der Waals surface area (Å²) in [6.07, 6.45) is 0.640. The number of aromatic hydroxyl groups is 1. The molecule has 2 aliphatic rings. The van der Waals surface area contributed by atoms with E-state index in [9.17, 15) is 14.7 Å². The second-order valence-corrected chi connectivity index (χ2v) is 10.2. The predicted molar refractivity (Wildman–Crippen MR) is 133 cm³/mol. The molecule has 10 heteroatoms. The highest BCUT2D eigenvalue weighted by atomic mass is 35.5. The molecule has 0 radical (unpaired) electrons. The van der Waals surface area contributed by atoms with Crippen molar-refractivity contribution in [3.8, 4) is 23.0 Å². The van der Waals surface area contributed by atoms with Crippen LogP contribution in [-0.4, -0.2) is 55.0 Å². The number of rotatable bonds is 5. The normalized spacial score (nSPS) is 16.8. The van der Waals surface area contributed by atoms with E-state index in [4.69, 9.17) is 30.5 Å². The second kappa shape index (κ2) is 10.1. The molecule has 1 atom stereocenters. The van der Waals surface area contributed by atoms with Gasteiger partial charge in [0.15, 0.2) is 23.0 Å². The molecule has 36 heavy (non-hydrogen) atoms. The first kappa shape index (κ1) is 25.9. The van der Waals surface area contributed by atoms with E-state index < -0.39 is 17.7 Å². The summed E-state index contributed by atoms with van der Waals surface area (Å²) in [5.74, 6) is 0.510. The lowest BCUT2D eigenvalue weighted by molar-refractivity contribution is -0.133. The van der Waals surface area contributed by atoms with Crippen molar-refractivity contribution < 1.29 is 33.6 Å². The number of esters is 1. The number of amides is 1. The van der Waals surface area contributed by atoms with Crippen LogP contribution in [0, 0.1) is 0 Å². The number of hydrogen-bond acceptors (Lipinski definition) is 8. The molecule has 0 saturated carbocycles. The molecule has 2 aromatic rings. The first-order valence-electron chi connectivity index (χ1n) is 11.7. The summed E-state index contributed by atoms with van der Waals surface area (Å²) in [5.41, 5.74) is 3.08. The minimum absolute atomic E-state index is 0.00124. The Morgan fingerprint density at radius 1 is 1.14 bits per heavy atom. The third-order valence-electron chi connectivity index (χ3n) is 6.29. The van der Waals surface area contributed by atoms with Crippen molar-refractivity contribution in [2.45, 2.75) is 51.8 Å². The molecule has 0 saturated heterocycles. The van der Waals surface area contributed by atoms with E-state index in [1.165, 1.54) is 14.2 Å². The summed E-state index contributed by atoms with van der Waals surface area (Å²) in [5, 5.41) is 13.3. The molecule has 0 spiro atoms. The molecule has 1 amide bonds. The van der Waals surface area contributed by atoms with Gasteiger partial charge in [-0.05, 0) is 62.4 Å². The molecule has 2 aliphatic heterocycles. The van der Waals surface area contributed by atoms with Crippen molar-refractivity contribution in [1.82, 2.24) is 10.2 Å². The van der Waals surface area contributed by atoms with E-state index in [1.54, 1.807) is 32.9 Å². The first-order valence-corrected chi connectivity index (χ1v) is 12.1. The number of methoxy groups -OCH3 is 2. The van der Waals surface area contributed by atoms with Crippen molar-refractivity contribution in [2.75, 3.05) is 27.3 Å². The van der Waals surface area contributed by atoms with Gasteiger partial charge in [0.25, 0.3) is 0 Å². The molecule has 0 aliphatic carbocycles. The van der Waals surface area contributed by atoms with Gasteiger partial charge in [-0.2, -0.15) is 0 Å². The van der Waals surface area contributed by atoms with E-state index in [-0.39, 0.29) is 24.1 Å². The fraction of sp³-hybridized carbons (Fsp3) is 0.462. The standard InChI is InChI=1S/C26H31ClN2O7/c1-26(2,3)36-25(32)28-12-23(31)35-24-17-13-29-7-6-14-8-21(33-4)20(30)10-15(14)19(29)9-16(17)18(27)11-22(24)34-5/h8,10-11,19,30H,6-7,9,12-13H2,1-5H3,(H,28,32). The van der Waals surface area contributed by atoms with Crippen LogP contribution in [0.2, 0.25) is 5.02 Å². The highest BCUT2D eigenvalue weighted by Gasteiger charge is 2.36. The maximum absolute atomic E-state index is 12.6. The second-order valence-electron chi connectivity index (χ2n) is 9.84. The summed E-state index contributed by atoms with van der Waals surface area (Å²) >= 11 is 6.65. The zero-order chi connectivity index (χ0) is 26.2. The van der Waals surface area contributed by atoms with Gasteiger partial charge in [0.1, 0.15) is 12.1 Å². The van der Waals surface area contributed by atoms with Crippen molar-refractivity contribution >= 4 is 23.7 Å². The fourth-order valence-corrected chi connectivity index (χ4v) is 5.01. The van der Waals surface area contributed by atoms with Crippen LogP contribution in [-0.2, 0) is 28.9 Å². The number of hydrogen-bond donors (Lipinski definition) is 2. The number of halogens is 1. The Bertz CT molecular complexity index is 1190. The number of nitrogens with zero attached hydrogens (tertiary/aromatic N) is 1. The van der Waals surface area contributed by atoms with Gasteiger partial charge in [-0.25, -0.2) is 9.59 Å². The lowest BCUT2D eigenvalue weighted by atomic mass is 9.83. The summed E-state index contributed by atoms with van der Waals surface area (Å²) in [4.78, 5) is 26.8. The summed E-state index contributed by atoms with van der Waals surface area (Å²) in [6, 6.07) is 5.28. The van der Waals surface area contributed by atoms with Gasteiger partial charge in [-0.3, -0.25) is 4.90 Å². The van der Waals surface area contributed by atoms with Crippen molar-refractivity contribution in [3.63, 3.8) is 0 Å². The monoisotopic (exact) mass is 518 g/mol. The van der Waals surface area contributed by atoms with Crippen molar-refractivity contribution in [1.29, 1.82) is 0 Å². The highest BCUT2D eigenvalue weighted by molar-refractivity contribution is 6.31. The van der Waals surface area contributed by atoms with Gasteiger partial charge >= 0.3 is 12.1 Å². The number of ether oxygens (including phenoxy) is 4. The molecule has 4 rings (SSSR count). The van der Waals surface area contributed by atoms with Gasteiger partial charge in [0.05, 0.1) is 14.2 Å². The van der Waals surface area contributed by atoms with Crippen LogP contribution in [0.5, 0.6) is 23.0 Å². The minimum Gasteiger partial charge on any atom is -0.504 e. The van der Waals surface area contributed by atoms with Crippen LogP contribution in [0.3, 0.4) is 0 Å². The molecule has 2 heterocycles. The number of carbonyl (C=O) groups excluding carboxylic acids is 2. The van der Waals surface area contributed by atoms with E-state index in [0.717, 1.165) is 35.2 Å². The Labute approximate surface area is 215 Å². The fourth-order valence-electron chi connectivity index (χ4n) is 4.72. The van der Waals surface area contributed by atoms with Crippen LogP contribution in [0.1, 0.15) is 49.1 Å². The number of alkyl carbamates (subject to hydrolysis) is 1. The lowest BCUT2D eigenvalue weighted by Gasteiger charge is -2.42. The number of phenols is 1. The van der Waals surface area contributed by atoms with E-state index in [0.29, 0.717) is 29.5 Å². The van der Waals surface area contributed by atoms with Crippen molar-refractivity contribution in [2.24, 2.45) is 0 Å². The zero-order valence-electron chi connectivity index (χ0n) is 21.1. The summed E-state index contributed by atoms with van der Waals surface area (Å²) in [6.45, 7) is 6.09. The smallest absolute Gasteiger partial charge is 0.408 e. The van der Waals surface area contributed by atoms with E-state index >= 15 is 0 Å². The van der Waals surface area contributed by atoms with Crippen molar-refractivity contribution in [3.05, 3.63) is 45.5 Å². The van der Waals surface area contributed by atoms with Crippen LogP contribution in [0.25, 0.3) is 0 Å². The van der Waals surface area contributed by atoms with Gasteiger partial charge in [-0.15, -0.1) is 0 Å². The zero-order valence-corrected chi connectivity index (χ0v) is 21.8. The maximum Gasteiger partial charge on any atom is 0.408 e. The molecule has 2 aromatic carbocycles. The number of benzene rings is 2. The Hall–Kier alpha value is -3.17. The largest absolute Gasteiger partial charge is 0.504 e. The molecule has 2 N–H and O–H groups in total. The van der Waals surface area contributed by atoms with Crippen LogP contribution in [0.4, 0.5) is 4.79 Å². The van der Waals surface area contributed by atoms with Gasteiger partial charge in [0.2, 0.25) is 0 Å². The van der Waals surface area contributed by atoms with Gasteiger partial charge < -0.3 is 29.4 Å². The first-order chi connectivity index (χ1) is 17.0. The molecular formula is C26H31ClN2O7. The predicted octanol–water partition coefficient (Wildman–Crippen LogP) is 4.15. The third kappa shape index (κ3) is 5.32. The number of carbonyl (C=O) groups is 2. The highest BCUT2D eigenvalue weighted by Crippen LogP contribution is 2.48. The number of nitrogens with one attached hydrogen (secondary N) is 1. The van der Waals surface area contributed by atoms with Crippen LogP contribution >= 0.6 is 11.6 Å². The van der Waals surface area contributed by atoms with E-state index in [2.05, 4.69) is 10.2 Å². The average molecular weight is 519 g/mol. The third-order valence-corrected chi connectivity index (χ3v) is 6.62. The minimum atomic E-state index is -0.709. The Kier molecular flexibility index (Phi) is 7.24. The summed E-state index contributed by atoms with van der Waals surface area (Å²) in [7, 11) is 3.01. The molecule has 1 unspecified atom stereocenters. The van der Waals surface area contributed by atoms with Crippen LogP contribution < -0.4 is 19.5 Å². The number of fused-ring (bicyclic) bond motifs is 4. The van der Waals surface area contributed by atoms with Gasteiger partial charge in [-0.1, -0.05) is 11.6 Å². The number of phenolic OH excluding ortho intramolecular Hbond substituents is 1. The molecular weight excluding hydrogens is 488 g/mol. The Balaban J connectivity index is 1.60. The molecule has 9 nitrogen and oxygen atoms in total. The van der Waals surface area contributed by atoms with Crippen LogP contribution in [0.15, 0.2) is 18.2 Å². The molecule has 0 bridgehead atoms. The average Bonchev–Trinajstić information content (AvgIpc) is 2.82. The molecule has 194 valence electrons. The molecule has 0 aromatic heterocycles. The SMILES string of the molecule is COc1cc2c(cc1O)C1Cc3c(Cl)cc(OC)c(OC(=O)CNC(=O)OC(C)(C)C)c3CN1CC2. The quantitative estimate of drug-likeness (QED) is 0.449. The molecule has 0 fully saturated rings.